The minimum Gasteiger partial charge on any atom is -0.368 e. The number of benzene rings is 1. The van der Waals surface area contributed by atoms with Crippen molar-refractivity contribution in [2.24, 2.45) is 0 Å². The second kappa shape index (κ2) is 6.69. The van der Waals surface area contributed by atoms with Crippen molar-refractivity contribution in [3.63, 3.8) is 0 Å². The summed E-state index contributed by atoms with van der Waals surface area (Å²) in [4.78, 5) is 2.23. The summed E-state index contributed by atoms with van der Waals surface area (Å²) in [5, 5.41) is 0.964. The molecule has 0 aromatic heterocycles. The van der Waals surface area contributed by atoms with E-state index in [0.29, 0.717) is 10.5 Å². The maximum atomic E-state index is 12.7. The van der Waals surface area contributed by atoms with Crippen LogP contribution in [0.3, 0.4) is 0 Å². The Bertz CT molecular complexity index is 462. The highest BCUT2D eigenvalue weighted by molar-refractivity contribution is 9.10. The first-order valence-electron chi connectivity index (χ1n) is 6.63. The molecule has 1 aliphatic heterocycles. The molecule has 2 rings (SSSR count). The van der Waals surface area contributed by atoms with Gasteiger partial charge in [-0.3, -0.25) is 0 Å². The highest BCUT2D eigenvalue weighted by atomic mass is 79.9. The van der Waals surface area contributed by atoms with Crippen molar-refractivity contribution in [1.82, 2.24) is 0 Å². The Hall–Kier alpha value is -0.230. The molecule has 1 heterocycles. The monoisotopic (exact) mass is 413 g/mol. The Morgan fingerprint density at radius 3 is 2.65 bits per heavy atom. The lowest BCUT2D eigenvalue weighted by Gasteiger charge is -2.28. The van der Waals surface area contributed by atoms with E-state index in [1.165, 1.54) is 12.1 Å². The van der Waals surface area contributed by atoms with Gasteiger partial charge in [-0.15, -0.1) is 0 Å². The van der Waals surface area contributed by atoms with E-state index in [4.69, 9.17) is 0 Å². The summed E-state index contributed by atoms with van der Waals surface area (Å²) in [6.07, 6.45) is 0.0699. The molecule has 20 heavy (non-hydrogen) atoms. The minimum atomic E-state index is -4.29. The summed E-state index contributed by atoms with van der Waals surface area (Å²) in [5.41, 5.74) is 0.263. The fourth-order valence-electron chi connectivity index (χ4n) is 2.68. The van der Waals surface area contributed by atoms with Gasteiger partial charge in [0.15, 0.2) is 0 Å². The van der Waals surface area contributed by atoms with Crippen LogP contribution in [0.2, 0.25) is 0 Å². The standard InChI is InChI=1S/C14H16Br2F3N/c15-7-1-3-11-4-2-8-20(11)13-6-5-10(9-12(13)16)14(17,18)19/h5-6,9,11H,1-4,7-8H2. The number of halogens is 5. The second-order valence-electron chi connectivity index (χ2n) is 4.98. The maximum Gasteiger partial charge on any atom is 0.416 e. The first-order chi connectivity index (χ1) is 9.43. The van der Waals surface area contributed by atoms with Gasteiger partial charge in [-0.05, 0) is 59.8 Å². The van der Waals surface area contributed by atoms with Gasteiger partial charge in [-0.2, -0.15) is 13.2 Å². The molecule has 1 nitrogen and oxygen atoms in total. The third kappa shape index (κ3) is 3.70. The molecule has 0 aliphatic carbocycles. The third-order valence-electron chi connectivity index (χ3n) is 3.63. The number of hydrogen-bond donors (Lipinski definition) is 0. The van der Waals surface area contributed by atoms with Crippen molar-refractivity contribution < 1.29 is 13.2 Å². The molecule has 1 saturated heterocycles. The molecule has 1 aliphatic rings. The van der Waals surface area contributed by atoms with Crippen molar-refractivity contribution >= 4 is 37.5 Å². The average molecular weight is 415 g/mol. The fourth-order valence-corrected chi connectivity index (χ4v) is 3.61. The first-order valence-corrected chi connectivity index (χ1v) is 8.54. The number of alkyl halides is 4. The molecule has 0 radical (unpaired) electrons. The van der Waals surface area contributed by atoms with Crippen molar-refractivity contribution in [2.75, 3.05) is 16.8 Å². The molecule has 1 aromatic carbocycles. The highest BCUT2D eigenvalue weighted by Crippen LogP contribution is 2.38. The van der Waals surface area contributed by atoms with Crippen molar-refractivity contribution in [1.29, 1.82) is 0 Å². The fraction of sp³-hybridized carbons (Fsp3) is 0.571. The minimum absolute atomic E-state index is 0.431. The zero-order chi connectivity index (χ0) is 14.8. The van der Waals surface area contributed by atoms with Gasteiger partial charge in [-0.1, -0.05) is 15.9 Å². The molecule has 1 unspecified atom stereocenters. The molecule has 0 amide bonds. The SMILES string of the molecule is FC(F)(F)c1ccc(N2CCCC2CCCBr)c(Br)c1. The Morgan fingerprint density at radius 1 is 1.30 bits per heavy atom. The van der Waals surface area contributed by atoms with Crippen LogP contribution in [0, 0.1) is 0 Å². The van der Waals surface area contributed by atoms with E-state index >= 15 is 0 Å². The topological polar surface area (TPSA) is 3.24 Å². The highest BCUT2D eigenvalue weighted by Gasteiger charge is 2.32. The van der Waals surface area contributed by atoms with E-state index < -0.39 is 11.7 Å². The maximum absolute atomic E-state index is 12.7. The first kappa shape index (κ1) is 16.1. The summed E-state index contributed by atoms with van der Waals surface area (Å²) in [6, 6.07) is 4.36. The molecule has 1 fully saturated rings. The number of rotatable bonds is 4. The Morgan fingerprint density at radius 2 is 2.05 bits per heavy atom. The Balaban J connectivity index is 2.20. The van der Waals surface area contributed by atoms with Crippen LogP contribution in [0.25, 0.3) is 0 Å². The molecule has 0 spiro atoms. The van der Waals surface area contributed by atoms with Gasteiger partial charge in [0.05, 0.1) is 11.3 Å². The van der Waals surface area contributed by atoms with E-state index in [0.717, 1.165) is 43.2 Å². The van der Waals surface area contributed by atoms with Gasteiger partial charge >= 0.3 is 6.18 Å². The van der Waals surface area contributed by atoms with Gasteiger partial charge < -0.3 is 4.90 Å². The van der Waals surface area contributed by atoms with Gasteiger partial charge in [-0.25, -0.2) is 0 Å². The van der Waals surface area contributed by atoms with Crippen LogP contribution in [0.1, 0.15) is 31.2 Å². The molecule has 0 N–H and O–H groups in total. The lowest BCUT2D eigenvalue weighted by molar-refractivity contribution is -0.137. The third-order valence-corrected chi connectivity index (χ3v) is 4.83. The predicted molar refractivity (Wildman–Crippen MR) is 82.5 cm³/mol. The van der Waals surface area contributed by atoms with Gasteiger partial charge in [0.2, 0.25) is 0 Å². The molecule has 1 atom stereocenters. The summed E-state index contributed by atoms with van der Waals surface area (Å²) in [6.45, 7) is 0.914. The van der Waals surface area contributed by atoms with Crippen LogP contribution in [0.4, 0.5) is 18.9 Å². The number of nitrogens with zero attached hydrogens (tertiary/aromatic N) is 1. The summed E-state index contributed by atoms with van der Waals surface area (Å²) < 4.78 is 38.6. The van der Waals surface area contributed by atoms with Crippen molar-refractivity contribution in [2.45, 2.75) is 37.9 Å². The smallest absolute Gasteiger partial charge is 0.368 e. The predicted octanol–water partition coefficient (Wildman–Crippen LogP) is 5.61. The quantitative estimate of drug-likeness (QED) is 0.578. The van der Waals surface area contributed by atoms with Crippen LogP contribution >= 0.6 is 31.9 Å². The number of hydrogen-bond acceptors (Lipinski definition) is 1. The zero-order valence-electron chi connectivity index (χ0n) is 10.9. The molecule has 0 bridgehead atoms. The summed E-state index contributed by atoms with van der Waals surface area (Å²) in [5.74, 6) is 0. The molecular weight excluding hydrogens is 399 g/mol. The second-order valence-corrected chi connectivity index (χ2v) is 6.63. The van der Waals surface area contributed by atoms with Crippen LogP contribution in [0.5, 0.6) is 0 Å². The van der Waals surface area contributed by atoms with Crippen LogP contribution in [-0.2, 0) is 6.18 Å². The van der Waals surface area contributed by atoms with Gasteiger partial charge in [0.1, 0.15) is 0 Å². The van der Waals surface area contributed by atoms with E-state index in [2.05, 4.69) is 36.8 Å². The Labute approximate surface area is 133 Å². The molecule has 6 heteroatoms. The van der Waals surface area contributed by atoms with E-state index in [1.807, 2.05) is 0 Å². The lowest BCUT2D eigenvalue weighted by atomic mass is 10.1. The molecular formula is C14H16Br2F3N. The lowest BCUT2D eigenvalue weighted by Crippen LogP contribution is -2.29. The van der Waals surface area contributed by atoms with E-state index in [9.17, 15) is 13.2 Å². The van der Waals surface area contributed by atoms with Crippen molar-refractivity contribution in [3.05, 3.63) is 28.2 Å². The van der Waals surface area contributed by atoms with Gasteiger partial charge in [0.25, 0.3) is 0 Å². The van der Waals surface area contributed by atoms with Crippen LogP contribution in [0.15, 0.2) is 22.7 Å². The zero-order valence-corrected chi connectivity index (χ0v) is 14.1. The van der Waals surface area contributed by atoms with E-state index in [-0.39, 0.29) is 0 Å². The number of anilines is 1. The van der Waals surface area contributed by atoms with E-state index in [1.54, 1.807) is 6.07 Å². The largest absolute Gasteiger partial charge is 0.416 e. The molecule has 0 saturated carbocycles. The molecule has 112 valence electrons. The molecule has 1 aromatic rings. The van der Waals surface area contributed by atoms with Crippen LogP contribution in [-0.4, -0.2) is 17.9 Å². The average Bonchev–Trinajstić information content (AvgIpc) is 2.83. The summed E-state index contributed by atoms with van der Waals surface area (Å²) in [7, 11) is 0. The van der Waals surface area contributed by atoms with Crippen LogP contribution < -0.4 is 4.90 Å². The summed E-state index contributed by atoms with van der Waals surface area (Å²) >= 11 is 6.72. The Kier molecular flexibility index (Phi) is 5.40. The van der Waals surface area contributed by atoms with Crippen molar-refractivity contribution in [3.8, 4) is 0 Å². The van der Waals surface area contributed by atoms with Gasteiger partial charge in [0, 0.05) is 22.4 Å². The normalized spacial score (nSPS) is 19.6.